The minimum atomic E-state index is 0.114. The summed E-state index contributed by atoms with van der Waals surface area (Å²) in [5.41, 5.74) is 0. The number of carbonyl (C=O) groups excluding carboxylic acids is 1. The molecule has 2 saturated heterocycles. The lowest BCUT2D eigenvalue weighted by atomic mass is 9.85. The Morgan fingerprint density at radius 2 is 2.19 bits per heavy atom. The van der Waals surface area contributed by atoms with Crippen LogP contribution in [0.1, 0.15) is 43.4 Å². The smallest absolute Gasteiger partial charge is 0.247 e. The first-order valence-corrected chi connectivity index (χ1v) is 10.7. The van der Waals surface area contributed by atoms with E-state index >= 15 is 0 Å². The molecule has 0 bridgehead atoms. The fraction of sp³-hybridized carbons (Fsp3) is 0.650. The van der Waals surface area contributed by atoms with Crippen molar-refractivity contribution in [3.05, 3.63) is 34.5 Å². The fourth-order valence-corrected chi connectivity index (χ4v) is 4.92. The van der Waals surface area contributed by atoms with Crippen LogP contribution >= 0.6 is 11.3 Å². The first kappa shape index (κ1) is 18.2. The second-order valence-corrected chi connectivity index (χ2v) is 8.50. The summed E-state index contributed by atoms with van der Waals surface area (Å²) in [5.74, 6) is 0.522. The van der Waals surface area contributed by atoms with Crippen LogP contribution in [0.5, 0.6) is 0 Å². The van der Waals surface area contributed by atoms with E-state index in [9.17, 15) is 4.79 Å². The zero-order valence-electron chi connectivity index (χ0n) is 15.1. The van der Waals surface area contributed by atoms with Crippen LogP contribution in [-0.2, 0) is 20.8 Å². The number of ether oxygens (including phenoxy) is 2. The van der Waals surface area contributed by atoms with Gasteiger partial charge >= 0.3 is 0 Å². The van der Waals surface area contributed by atoms with Crippen molar-refractivity contribution in [2.45, 2.75) is 63.4 Å². The molecule has 1 aliphatic carbocycles. The molecule has 4 rings (SSSR count). The maximum Gasteiger partial charge on any atom is 0.247 e. The maximum absolute atomic E-state index is 13.0. The molecule has 1 aromatic heterocycles. The molecule has 1 N–H and O–H groups in total. The maximum atomic E-state index is 13.0. The summed E-state index contributed by atoms with van der Waals surface area (Å²) in [6.45, 7) is 2.10. The summed E-state index contributed by atoms with van der Waals surface area (Å²) in [6.07, 6.45) is 11.0. The number of carbonyl (C=O) groups is 1. The average molecular weight is 377 g/mol. The van der Waals surface area contributed by atoms with Crippen molar-refractivity contribution in [2.75, 3.05) is 13.3 Å². The highest BCUT2D eigenvalue weighted by Gasteiger charge is 2.35. The monoisotopic (exact) mass is 376 g/mol. The number of hydrogen-bond acceptors (Lipinski definition) is 5. The Morgan fingerprint density at radius 3 is 3.00 bits per heavy atom. The van der Waals surface area contributed by atoms with E-state index in [1.165, 1.54) is 17.7 Å². The molecule has 3 aliphatic rings. The number of amides is 1. The average Bonchev–Trinajstić information content (AvgIpc) is 3.36. The lowest BCUT2D eigenvalue weighted by molar-refractivity contribution is -0.130. The molecule has 4 atom stereocenters. The first-order valence-electron chi connectivity index (χ1n) is 9.77. The summed E-state index contributed by atoms with van der Waals surface area (Å²) < 4.78 is 11.2. The zero-order valence-corrected chi connectivity index (χ0v) is 16.0. The molecule has 4 unspecified atom stereocenters. The number of allylic oxidation sites excluding steroid dienone is 1. The number of fused-ring (bicyclic) bond motifs is 1. The topological polar surface area (TPSA) is 50.8 Å². The molecule has 0 aromatic carbocycles. The number of hydrogen-bond donors (Lipinski definition) is 1. The molecule has 0 radical (unpaired) electrons. The van der Waals surface area contributed by atoms with Crippen LogP contribution in [0.25, 0.3) is 0 Å². The second kappa shape index (κ2) is 8.65. The zero-order chi connectivity index (χ0) is 17.8. The molecule has 2 aliphatic heterocycles. The highest BCUT2D eigenvalue weighted by Crippen LogP contribution is 2.32. The fourth-order valence-electron chi connectivity index (χ4n) is 4.21. The highest BCUT2D eigenvalue weighted by atomic mass is 32.1. The quantitative estimate of drug-likeness (QED) is 0.802. The Balaban J connectivity index is 1.40. The van der Waals surface area contributed by atoms with Crippen molar-refractivity contribution in [1.29, 1.82) is 0 Å². The summed E-state index contributed by atoms with van der Waals surface area (Å²) >= 11 is 1.71. The highest BCUT2D eigenvalue weighted by molar-refractivity contribution is 7.09. The van der Waals surface area contributed by atoms with Crippen LogP contribution in [0.3, 0.4) is 0 Å². The van der Waals surface area contributed by atoms with Crippen LogP contribution < -0.4 is 5.32 Å². The van der Waals surface area contributed by atoms with Crippen molar-refractivity contribution in [1.82, 2.24) is 10.2 Å². The summed E-state index contributed by atoms with van der Waals surface area (Å²) in [7, 11) is 0. The minimum absolute atomic E-state index is 0.114. The summed E-state index contributed by atoms with van der Waals surface area (Å²) in [5, 5.41) is 5.59. The van der Waals surface area contributed by atoms with Gasteiger partial charge in [-0.2, -0.15) is 0 Å². The van der Waals surface area contributed by atoms with Gasteiger partial charge in [-0.05, 0) is 68.5 Å². The molecule has 1 amide bonds. The predicted octanol–water partition coefficient (Wildman–Crippen LogP) is 3.27. The summed E-state index contributed by atoms with van der Waals surface area (Å²) in [6, 6.07) is 4.16. The molecule has 3 heterocycles. The number of nitrogens with zero attached hydrogens (tertiary/aromatic N) is 1. The molecule has 3 fully saturated rings. The van der Waals surface area contributed by atoms with Gasteiger partial charge in [-0.15, -0.1) is 11.3 Å². The van der Waals surface area contributed by atoms with Crippen LogP contribution in [0.2, 0.25) is 0 Å². The third-order valence-corrected chi connectivity index (χ3v) is 6.56. The molecule has 1 saturated carbocycles. The minimum Gasteiger partial charge on any atom is -0.349 e. The largest absolute Gasteiger partial charge is 0.349 e. The van der Waals surface area contributed by atoms with E-state index in [0.29, 0.717) is 19.3 Å². The van der Waals surface area contributed by atoms with Crippen LogP contribution in [0.4, 0.5) is 0 Å². The predicted molar refractivity (Wildman–Crippen MR) is 102 cm³/mol. The first-order chi connectivity index (χ1) is 12.8. The second-order valence-electron chi connectivity index (χ2n) is 7.47. The van der Waals surface area contributed by atoms with Gasteiger partial charge in [0, 0.05) is 4.88 Å². The molecular formula is C20H28N2O3S. The van der Waals surface area contributed by atoms with Gasteiger partial charge in [-0.3, -0.25) is 10.1 Å². The number of nitrogens with one attached hydrogen (secondary N) is 1. The lowest BCUT2D eigenvalue weighted by Crippen LogP contribution is -2.50. The Morgan fingerprint density at radius 1 is 1.27 bits per heavy atom. The molecule has 5 nitrogen and oxygen atoms in total. The molecule has 0 spiro atoms. The van der Waals surface area contributed by atoms with E-state index in [1.54, 1.807) is 17.4 Å². The lowest BCUT2D eigenvalue weighted by Gasteiger charge is -2.34. The normalized spacial score (nSPS) is 31.8. The van der Waals surface area contributed by atoms with Crippen LogP contribution in [0.15, 0.2) is 29.7 Å². The molecule has 26 heavy (non-hydrogen) atoms. The van der Waals surface area contributed by atoms with E-state index in [2.05, 4.69) is 28.9 Å². The van der Waals surface area contributed by atoms with Gasteiger partial charge in [0.1, 0.15) is 6.79 Å². The van der Waals surface area contributed by atoms with Crippen molar-refractivity contribution >= 4 is 17.2 Å². The standard InChI is InChI=1S/C20H28N2O3S/c23-20(9-7-15-6-8-17-18(12-15)25-14-24-17)22(13-16-4-3-11-26-16)19-5-1-2-10-21-19/h3-4,7,9,11,15,17-19,21H,1-2,5-6,8,10,12-14H2/b9-7+. The Kier molecular flexibility index (Phi) is 6.05. The summed E-state index contributed by atoms with van der Waals surface area (Å²) in [4.78, 5) is 16.2. The van der Waals surface area contributed by atoms with Gasteiger partial charge in [0.2, 0.25) is 5.91 Å². The molecular weight excluding hydrogens is 348 g/mol. The van der Waals surface area contributed by atoms with Crippen LogP contribution in [0, 0.1) is 5.92 Å². The number of thiophene rings is 1. The molecule has 142 valence electrons. The van der Waals surface area contributed by atoms with Crippen molar-refractivity contribution < 1.29 is 14.3 Å². The van der Waals surface area contributed by atoms with E-state index in [1.807, 2.05) is 4.90 Å². The van der Waals surface area contributed by atoms with Crippen molar-refractivity contribution in [3.63, 3.8) is 0 Å². The molecule has 1 aromatic rings. The Hall–Kier alpha value is -1.21. The Bertz CT molecular complexity index is 613. The van der Waals surface area contributed by atoms with Crippen molar-refractivity contribution in [2.24, 2.45) is 5.92 Å². The van der Waals surface area contributed by atoms with E-state index < -0.39 is 0 Å². The van der Waals surface area contributed by atoms with Gasteiger partial charge < -0.3 is 14.4 Å². The van der Waals surface area contributed by atoms with Crippen LogP contribution in [-0.4, -0.2) is 42.5 Å². The van der Waals surface area contributed by atoms with E-state index in [0.717, 1.165) is 32.2 Å². The molecule has 6 heteroatoms. The SMILES string of the molecule is O=C(/C=C/C1CCC2OCOC2C1)N(Cc1cccs1)C1CCCCN1. The van der Waals surface area contributed by atoms with Crippen molar-refractivity contribution in [3.8, 4) is 0 Å². The van der Waals surface area contributed by atoms with Gasteiger partial charge in [-0.1, -0.05) is 12.1 Å². The number of piperidine rings is 1. The van der Waals surface area contributed by atoms with Gasteiger partial charge in [-0.25, -0.2) is 0 Å². The third-order valence-electron chi connectivity index (χ3n) is 5.70. The van der Waals surface area contributed by atoms with Gasteiger partial charge in [0.15, 0.2) is 0 Å². The Labute approximate surface area is 159 Å². The third kappa shape index (κ3) is 4.36. The van der Waals surface area contributed by atoms with Gasteiger partial charge in [0.05, 0.1) is 24.9 Å². The number of rotatable bonds is 5. The van der Waals surface area contributed by atoms with E-state index in [-0.39, 0.29) is 24.3 Å². The van der Waals surface area contributed by atoms with E-state index in [4.69, 9.17) is 9.47 Å². The van der Waals surface area contributed by atoms with Gasteiger partial charge in [0.25, 0.3) is 0 Å².